The summed E-state index contributed by atoms with van der Waals surface area (Å²) in [4.78, 5) is 14.5. The van der Waals surface area contributed by atoms with Crippen LogP contribution in [0.2, 0.25) is 0 Å². The summed E-state index contributed by atoms with van der Waals surface area (Å²) in [6, 6.07) is 11.4. The number of carbonyl (C=O) groups is 1. The Morgan fingerprint density at radius 1 is 1.12 bits per heavy atom. The first kappa shape index (κ1) is 18.4. The maximum absolute atomic E-state index is 13.1. The fourth-order valence-electron chi connectivity index (χ4n) is 3.13. The minimum absolute atomic E-state index is 0.100. The summed E-state index contributed by atoms with van der Waals surface area (Å²) in [6.45, 7) is 0.171. The van der Waals surface area contributed by atoms with Crippen LogP contribution in [0.3, 0.4) is 0 Å². The van der Waals surface area contributed by atoms with Crippen molar-refractivity contribution in [3.63, 3.8) is 0 Å². The highest BCUT2D eigenvalue weighted by molar-refractivity contribution is 6.04. The van der Waals surface area contributed by atoms with E-state index in [-0.39, 0.29) is 19.1 Å². The number of halogens is 3. The Hall–Kier alpha value is -2.38. The number of carbonyl (C=O) groups excluding carboxylic acids is 1. The molecule has 1 unspecified atom stereocenters. The number of hydrogen-bond acceptors (Lipinski definition) is 3. The standard InChI is InChI=1S/C19H19F3N2O2/c20-19(21,22)14-6-8-15(9-7-14)24-17-4-2-1-3-13(17)5-10-16(18(24)26)23-11-12-25/h1-4,6-9,16,23,25H,5,10-12H2. The molecule has 0 bridgehead atoms. The third-order valence-electron chi connectivity index (χ3n) is 4.41. The van der Waals surface area contributed by atoms with Gasteiger partial charge in [0.2, 0.25) is 5.91 Å². The Kier molecular flexibility index (Phi) is 5.29. The monoisotopic (exact) mass is 364 g/mol. The van der Waals surface area contributed by atoms with Crippen LogP contribution in [-0.4, -0.2) is 30.2 Å². The Labute approximate surface area is 149 Å². The van der Waals surface area contributed by atoms with Gasteiger partial charge in [0.1, 0.15) is 0 Å². The van der Waals surface area contributed by atoms with Crippen LogP contribution in [0, 0.1) is 0 Å². The molecule has 26 heavy (non-hydrogen) atoms. The summed E-state index contributed by atoms with van der Waals surface area (Å²) in [5, 5.41) is 12.0. The average molecular weight is 364 g/mol. The Morgan fingerprint density at radius 2 is 1.81 bits per heavy atom. The molecular formula is C19H19F3N2O2. The van der Waals surface area contributed by atoms with Crippen molar-refractivity contribution >= 4 is 17.3 Å². The molecular weight excluding hydrogens is 345 g/mol. The van der Waals surface area contributed by atoms with Crippen molar-refractivity contribution in [1.82, 2.24) is 5.32 Å². The maximum Gasteiger partial charge on any atom is 0.416 e. The highest BCUT2D eigenvalue weighted by Gasteiger charge is 2.33. The van der Waals surface area contributed by atoms with E-state index in [2.05, 4.69) is 5.32 Å². The van der Waals surface area contributed by atoms with Gasteiger partial charge in [-0.2, -0.15) is 13.2 Å². The number of amides is 1. The van der Waals surface area contributed by atoms with Crippen molar-refractivity contribution in [2.45, 2.75) is 25.1 Å². The molecule has 2 aromatic carbocycles. The van der Waals surface area contributed by atoms with E-state index in [1.54, 1.807) is 12.1 Å². The van der Waals surface area contributed by atoms with Gasteiger partial charge < -0.3 is 10.4 Å². The van der Waals surface area contributed by atoms with Gasteiger partial charge in [-0.1, -0.05) is 18.2 Å². The molecule has 4 nitrogen and oxygen atoms in total. The molecule has 0 radical (unpaired) electrons. The van der Waals surface area contributed by atoms with Crippen molar-refractivity contribution in [1.29, 1.82) is 0 Å². The number of aryl methyl sites for hydroxylation is 1. The summed E-state index contributed by atoms with van der Waals surface area (Å²) in [6.07, 6.45) is -3.22. The van der Waals surface area contributed by atoms with E-state index in [0.29, 0.717) is 24.2 Å². The Balaban J connectivity index is 2.01. The highest BCUT2D eigenvalue weighted by Crippen LogP contribution is 2.35. The third kappa shape index (κ3) is 3.73. The summed E-state index contributed by atoms with van der Waals surface area (Å²) >= 11 is 0. The van der Waals surface area contributed by atoms with Crippen molar-refractivity contribution in [3.05, 3.63) is 59.7 Å². The molecule has 0 aromatic heterocycles. The van der Waals surface area contributed by atoms with Crippen LogP contribution in [-0.2, 0) is 17.4 Å². The highest BCUT2D eigenvalue weighted by atomic mass is 19.4. The van der Waals surface area contributed by atoms with Gasteiger partial charge in [-0.25, -0.2) is 0 Å². The fraction of sp³-hybridized carbons (Fsp3) is 0.316. The first-order valence-corrected chi connectivity index (χ1v) is 8.35. The molecule has 2 N–H and O–H groups in total. The predicted molar refractivity (Wildman–Crippen MR) is 92.2 cm³/mol. The molecule has 0 fully saturated rings. The van der Waals surface area contributed by atoms with Crippen LogP contribution in [0.4, 0.5) is 24.5 Å². The third-order valence-corrected chi connectivity index (χ3v) is 4.41. The minimum atomic E-state index is -4.43. The SMILES string of the molecule is O=C1C(NCCO)CCc2ccccc2N1c1ccc(C(F)(F)F)cc1. The zero-order chi connectivity index (χ0) is 18.7. The van der Waals surface area contributed by atoms with Crippen LogP contribution >= 0.6 is 0 Å². The maximum atomic E-state index is 13.1. The molecule has 0 aliphatic carbocycles. The van der Waals surface area contributed by atoms with Crippen LogP contribution in [0.15, 0.2) is 48.5 Å². The quantitative estimate of drug-likeness (QED) is 0.876. The smallest absolute Gasteiger partial charge is 0.395 e. The number of fused-ring (bicyclic) bond motifs is 1. The molecule has 2 aromatic rings. The van der Waals surface area contributed by atoms with Crippen molar-refractivity contribution in [2.75, 3.05) is 18.1 Å². The van der Waals surface area contributed by atoms with Crippen LogP contribution in [0.1, 0.15) is 17.5 Å². The van der Waals surface area contributed by atoms with E-state index in [0.717, 1.165) is 17.7 Å². The van der Waals surface area contributed by atoms with Crippen LogP contribution < -0.4 is 10.2 Å². The van der Waals surface area contributed by atoms with Gasteiger partial charge in [0, 0.05) is 12.2 Å². The number of aliphatic hydroxyl groups excluding tert-OH is 1. The first-order valence-electron chi connectivity index (χ1n) is 8.35. The van der Waals surface area contributed by atoms with E-state index >= 15 is 0 Å². The largest absolute Gasteiger partial charge is 0.416 e. The molecule has 1 aliphatic heterocycles. The zero-order valence-electron chi connectivity index (χ0n) is 14.0. The Morgan fingerprint density at radius 3 is 2.46 bits per heavy atom. The summed E-state index contributed by atoms with van der Waals surface area (Å²) in [5.74, 6) is -0.247. The van der Waals surface area contributed by atoms with E-state index in [1.165, 1.54) is 17.0 Å². The number of benzene rings is 2. The first-order chi connectivity index (χ1) is 12.4. The van der Waals surface area contributed by atoms with E-state index in [4.69, 9.17) is 5.11 Å². The average Bonchev–Trinajstić information content (AvgIpc) is 2.76. The van der Waals surface area contributed by atoms with Gasteiger partial charge in [0.05, 0.1) is 23.9 Å². The normalized spacial score (nSPS) is 17.8. The lowest BCUT2D eigenvalue weighted by molar-refractivity contribution is -0.137. The fourth-order valence-corrected chi connectivity index (χ4v) is 3.13. The molecule has 1 atom stereocenters. The van der Waals surface area contributed by atoms with Gasteiger partial charge in [0.15, 0.2) is 0 Å². The van der Waals surface area contributed by atoms with Crippen molar-refractivity contribution < 1.29 is 23.1 Å². The van der Waals surface area contributed by atoms with Gasteiger partial charge >= 0.3 is 6.18 Å². The minimum Gasteiger partial charge on any atom is -0.395 e. The van der Waals surface area contributed by atoms with Crippen LogP contribution in [0.25, 0.3) is 0 Å². The van der Waals surface area contributed by atoms with E-state index in [9.17, 15) is 18.0 Å². The molecule has 7 heteroatoms. The summed E-state index contributed by atoms with van der Waals surface area (Å²) in [5.41, 5.74) is 1.25. The molecule has 1 amide bonds. The molecule has 0 saturated heterocycles. The zero-order valence-corrected chi connectivity index (χ0v) is 14.0. The molecule has 0 spiro atoms. The van der Waals surface area contributed by atoms with Gasteiger partial charge in [0.25, 0.3) is 0 Å². The lowest BCUT2D eigenvalue weighted by Crippen LogP contribution is -2.44. The van der Waals surface area contributed by atoms with Crippen molar-refractivity contribution in [2.24, 2.45) is 0 Å². The molecule has 3 rings (SSSR count). The second kappa shape index (κ2) is 7.47. The number of anilines is 2. The number of alkyl halides is 3. The number of rotatable bonds is 4. The Bertz CT molecular complexity index is 775. The van der Waals surface area contributed by atoms with Gasteiger partial charge in [-0.05, 0) is 48.7 Å². The summed E-state index contributed by atoms with van der Waals surface area (Å²) < 4.78 is 38.5. The summed E-state index contributed by atoms with van der Waals surface area (Å²) in [7, 11) is 0. The predicted octanol–water partition coefficient (Wildman–Crippen LogP) is 3.27. The van der Waals surface area contributed by atoms with Gasteiger partial charge in [-0.3, -0.25) is 9.69 Å². The molecule has 1 aliphatic rings. The molecule has 0 saturated carbocycles. The second-order valence-electron chi connectivity index (χ2n) is 6.12. The lowest BCUT2D eigenvalue weighted by atomic mass is 10.1. The number of aliphatic hydroxyl groups is 1. The van der Waals surface area contributed by atoms with Gasteiger partial charge in [-0.15, -0.1) is 0 Å². The molecule has 138 valence electrons. The van der Waals surface area contributed by atoms with Crippen LogP contribution in [0.5, 0.6) is 0 Å². The topological polar surface area (TPSA) is 52.6 Å². The number of hydrogen-bond donors (Lipinski definition) is 2. The second-order valence-corrected chi connectivity index (χ2v) is 6.12. The molecule has 1 heterocycles. The number of para-hydroxylation sites is 1. The number of nitrogens with one attached hydrogen (secondary N) is 1. The van der Waals surface area contributed by atoms with E-state index in [1.807, 2.05) is 12.1 Å². The van der Waals surface area contributed by atoms with E-state index < -0.39 is 17.8 Å². The number of nitrogens with zero attached hydrogens (tertiary/aromatic N) is 1. The lowest BCUT2D eigenvalue weighted by Gasteiger charge is -2.26. The van der Waals surface area contributed by atoms with Crippen molar-refractivity contribution in [3.8, 4) is 0 Å².